The summed E-state index contributed by atoms with van der Waals surface area (Å²) in [4.78, 5) is 26.1. The Labute approximate surface area is 169 Å². The molecule has 1 aliphatic rings. The molecule has 0 spiro atoms. The van der Waals surface area contributed by atoms with Crippen LogP contribution in [0.4, 0.5) is 0 Å². The zero-order valence-electron chi connectivity index (χ0n) is 15.5. The van der Waals surface area contributed by atoms with Gasteiger partial charge in [-0.05, 0) is 44.4 Å². The van der Waals surface area contributed by atoms with Crippen LogP contribution in [0.15, 0.2) is 34.5 Å². The molecule has 1 N–H and O–H groups in total. The fourth-order valence-corrected chi connectivity index (χ4v) is 5.16. The van der Waals surface area contributed by atoms with Crippen molar-refractivity contribution < 1.29 is 0 Å². The van der Waals surface area contributed by atoms with Crippen molar-refractivity contribution in [1.82, 2.24) is 29.7 Å². The van der Waals surface area contributed by atoms with Crippen molar-refractivity contribution in [1.29, 1.82) is 0 Å². The van der Waals surface area contributed by atoms with Gasteiger partial charge in [0.1, 0.15) is 10.7 Å². The molecule has 28 heavy (non-hydrogen) atoms. The summed E-state index contributed by atoms with van der Waals surface area (Å²) >= 11 is 3.13. The van der Waals surface area contributed by atoms with Gasteiger partial charge in [-0.25, -0.2) is 4.98 Å². The van der Waals surface area contributed by atoms with E-state index in [0.29, 0.717) is 23.0 Å². The highest BCUT2D eigenvalue weighted by molar-refractivity contribution is 7.98. The Morgan fingerprint density at radius 3 is 2.79 bits per heavy atom. The van der Waals surface area contributed by atoms with Crippen LogP contribution < -0.4 is 5.56 Å². The standard InChI is InChI=1S/C19H18N6OS2/c1-10-11(2)28-18-15(10)17(26)21-14(22-18)9-27-19-24-23-16(25(19)13-3-4-13)12-5-7-20-8-6-12/h5-8,13H,3-4,9H2,1-2H3,(H,21,22,26). The molecule has 1 aliphatic carbocycles. The second kappa shape index (κ2) is 6.82. The molecule has 0 atom stereocenters. The lowest BCUT2D eigenvalue weighted by molar-refractivity contribution is 0.669. The van der Waals surface area contributed by atoms with Crippen molar-refractivity contribution in [2.24, 2.45) is 0 Å². The first kappa shape index (κ1) is 17.6. The van der Waals surface area contributed by atoms with Crippen LogP contribution in [0.25, 0.3) is 21.6 Å². The molecule has 1 fully saturated rings. The molecule has 0 bridgehead atoms. The van der Waals surface area contributed by atoms with Crippen molar-refractivity contribution in [3.8, 4) is 11.4 Å². The molecule has 4 aromatic rings. The maximum atomic E-state index is 12.5. The number of nitrogens with one attached hydrogen (secondary N) is 1. The lowest BCUT2D eigenvalue weighted by Gasteiger charge is -2.08. The summed E-state index contributed by atoms with van der Waals surface area (Å²) in [6.07, 6.45) is 5.81. The van der Waals surface area contributed by atoms with E-state index in [4.69, 9.17) is 0 Å². The zero-order chi connectivity index (χ0) is 19.3. The number of aromatic amines is 1. The van der Waals surface area contributed by atoms with Crippen LogP contribution in [0.5, 0.6) is 0 Å². The number of rotatable bonds is 5. The SMILES string of the molecule is Cc1sc2nc(CSc3nnc(-c4ccncc4)n3C3CC3)[nH]c(=O)c2c1C. The summed E-state index contributed by atoms with van der Waals surface area (Å²) in [6, 6.07) is 4.34. The van der Waals surface area contributed by atoms with E-state index < -0.39 is 0 Å². The normalized spacial score (nSPS) is 14.1. The average molecular weight is 411 g/mol. The summed E-state index contributed by atoms with van der Waals surface area (Å²) < 4.78 is 2.20. The van der Waals surface area contributed by atoms with Crippen LogP contribution in [0.1, 0.15) is 35.1 Å². The average Bonchev–Trinajstić information content (AvgIpc) is 3.38. The summed E-state index contributed by atoms with van der Waals surface area (Å²) in [6.45, 7) is 3.99. The Bertz CT molecular complexity index is 1220. The zero-order valence-corrected chi connectivity index (χ0v) is 17.1. The Hall–Kier alpha value is -2.52. The number of pyridine rings is 1. The van der Waals surface area contributed by atoms with Crippen molar-refractivity contribution in [3.05, 3.63) is 51.1 Å². The smallest absolute Gasteiger partial charge is 0.259 e. The third-order valence-electron chi connectivity index (χ3n) is 4.94. The predicted octanol–water partition coefficient (Wildman–Crippen LogP) is 3.88. The highest BCUT2D eigenvalue weighted by Crippen LogP contribution is 2.41. The van der Waals surface area contributed by atoms with E-state index in [0.717, 1.165) is 44.7 Å². The van der Waals surface area contributed by atoms with E-state index in [1.165, 1.54) is 0 Å². The van der Waals surface area contributed by atoms with E-state index in [1.54, 1.807) is 35.5 Å². The minimum Gasteiger partial charge on any atom is -0.309 e. The van der Waals surface area contributed by atoms with Crippen molar-refractivity contribution in [3.63, 3.8) is 0 Å². The third-order valence-corrected chi connectivity index (χ3v) is 7.00. The van der Waals surface area contributed by atoms with Gasteiger partial charge >= 0.3 is 0 Å². The number of nitrogens with zero attached hydrogens (tertiary/aromatic N) is 5. The van der Waals surface area contributed by atoms with Gasteiger partial charge < -0.3 is 4.98 Å². The van der Waals surface area contributed by atoms with E-state index in [2.05, 4.69) is 29.7 Å². The number of aromatic nitrogens is 6. The first-order valence-electron chi connectivity index (χ1n) is 9.09. The van der Waals surface area contributed by atoms with Gasteiger partial charge in [-0.2, -0.15) is 0 Å². The number of hydrogen-bond acceptors (Lipinski definition) is 7. The maximum Gasteiger partial charge on any atom is 0.259 e. The number of H-pyrrole nitrogens is 1. The van der Waals surface area contributed by atoms with Gasteiger partial charge in [-0.3, -0.25) is 14.3 Å². The Morgan fingerprint density at radius 2 is 2.04 bits per heavy atom. The molecule has 0 amide bonds. The van der Waals surface area contributed by atoms with Gasteiger partial charge in [-0.1, -0.05) is 11.8 Å². The Morgan fingerprint density at radius 1 is 1.25 bits per heavy atom. The molecular formula is C19H18N6OS2. The van der Waals surface area contributed by atoms with E-state index >= 15 is 0 Å². The second-order valence-electron chi connectivity index (χ2n) is 6.91. The molecule has 0 aromatic carbocycles. The topological polar surface area (TPSA) is 89.3 Å². The molecule has 4 heterocycles. The quantitative estimate of drug-likeness (QED) is 0.502. The second-order valence-corrected chi connectivity index (χ2v) is 9.05. The number of aryl methyl sites for hydroxylation is 2. The van der Waals surface area contributed by atoms with Gasteiger partial charge in [0.05, 0.1) is 11.1 Å². The summed E-state index contributed by atoms with van der Waals surface area (Å²) in [5, 5.41) is 10.4. The number of thiophene rings is 1. The molecule has 0 aliphatic heterocycles. The number of fused-ring (bicyclic) bond motifs is 1. The van der Waals surface area contributed by atoms with E-state index in [-0.39, 0.29) is 5.56 Å². The van der Waals surface area contributed by atoms with Crippen LogP contribution in [-0.4, -0.2) is 29.7 Å². The lowest BCUT2D eigenvalue weighted by atomic mass is 10.2. The predicted molar refractivity (Wildman–Crippen MR) is 111 cm³/mol. The minimum absolute atomic E-state index is 0.0661. The van der Waals surface area contributed by atoms with Gasteiger partial charge in [0, 0.05) is 28.9 Å². The minimum atomic E-state index is -0.0661. The molecule has 4 aromatic heterocycles. The summed E-state index contributed by atoms with van der Waals surface area (Å²) in [7, 11) is 0. The molecule has 0 saturated heterocycles. The first-order chi connectivity index (χ1) is 13.6. The monoisotopic (exact) mass is 410 g/mol. The highest BCUT2D eigenvalue weighted by Gasteiger charge is 2.30. The summed E-state index contributed by atoms with van der Waals surface area (Å²) in [5.41, 5.74) is 1.96. The van der Waals surface area contributed by atoms with Crippen LogP contribution in [-0.2, 0) is 5.75 Å². The van der Waals surface area contributed by atoms with Crippen LogP contribution in [0.2, 0.25) is 0 Å². The fraction of sp³-hybridized carbons (Fsp3) is 0.316. The van der Waals surface area contributed by atoms with E-state index in [1.807, 2.05) is 26.0 Å². The Balaban J connectivity index is 1.45. The first-order valence-corrected chi connectivity index (χ1v) is 10.9. The van der Waals surface area contributed by atoms with Crippen LogP contribution in [0, 0.1) is 13.8 Å². The van der Waals surface area contributed by atoms with Crippen molar-refractivity contribution in [2.45, 2.75) is 43.6 Å². The van der Waals surface area contributed by atoms with Crippen LogP contribution >= 0.6 is 23.1 Å². The molecular weight excluding hydrogens is 392 g/mol. The van der Waals surface area contributed by atoms with Gasteiger partial charge in [-0.15, -0.1) is 21.5 Å². The molecule has 142 valence electrons. The Kier molecular flexibility index (Phi) is 4.28. The van der Waals surface area contributed by atoms with Crippen molar-refractivity contribution >= 4 is 33.3 Å². The van der Waals surface area contributed by atoms with E-state index in [9.17, 15) is 4.79 Å². The summed E-state index contributed by atoms with van der Waals surface area (Å²) in [5.74, 6) is 2.08. The van der Waals surface area contributed by atoms with Crippen molar-refractivity contribution in [2.75, 3.05) is 0 Å². The highest BCUT2D eigenvalue weighted by atomic mass is 32.2. The largest absolute Gasteiger partial charge is 0.309 e. The maximum absolute atomic E-state index is 12.5. The third kappa shape index (κ3) is 3.04. The molecule has 5 rings (SSSR count). The lowest BCUT2D eigenvalue weighted by Crippen LogP contribution is -2.11. The number of thioether (sulfide) groups is 1. The van der Waals surface area contributed by atoms with Crippen LogP contribution in [0.3, 0.4) is 0 Å². The molecule has 0 unspecified atom stereocenters. The van der Waals surface area contributed by atoms with Gasteiger partial charge in [0.25, 0.3) is 5.56 Å². The van der Waals surface area contributed by atoms with Gasteiger partial charge in [0.15, 0.2) is 11.0 Å². The molecule has 7 nitrogen and oxygen atoms in total. The molecule has 0 radical (unpaired) electrons. The molecule has 1 saturated carbocycles. The fourth-order valence-electron chi connectivity index (χ4n) is 3.24. The van der Waals surface area contributed by atoms with Gasteiger partial charge in [0.2, 0.25) is 0 Å². The number of hydrogen-bond donors (Lipinski definition) is 1. The molecule has 9 heteroatoms.